The fraction of sp³-hybridized carbons (Fsp3) is 0.918. The number of carbonyl (C=O) groups is 4. The van der Waals surface area contributed by atoms with Crippen LogP contribution in [0.2, 0.25) is 0 Å². The molecule has 0 aromatic rings. The molecule has 3 heterocycles. The highest BCUT2D eigenvalue weighted by Gasteiger charge is 2.50. The monoisotopic (exact) mass is 863 g/mol. The molecule has 354 valence electrons. The first kappa shape index (κ1) is 53.1. The molecule has 1 N–H and O–H groups in total. The van der Waals surface area contributed by atoms with Crippen molar-refractivity contribution in [3.63, 3.8) is 0 Å². The van der Waals surface area contributed by atoms with Crippen molar-refractivity contribution in [2.24, 2.45) is 17.3 Å². The third kappa shape index (κ3) is 14.1. The predicted molar refractivity (Wildman–Crippen MR) is 243 cm³/mol. The molecule has 12 nitrogen and oxygen atoms in total. The second-order valence-corrected chi connectivity index (χ2v) is 24.8. The third-order valence-corrected chi connectivity index (χ3v) is 15.1. The Morgan fingerprint density at radius 2 is 0.820 bits per heavy atom. The molecule has 3 rings (SSSR count). The Kier molecular flexibility index (Phi) is 16.2. The van der Waals surface area contributed by atoms with Crippen LogP contribution in [0.4, 0.5) is 0 Å². The van der Waals surface area contributed by atoms with Crippen molar-refractivity contribution in [1.82, 2.24) is 20.0 Å². The van der Waals surface area contributed by atoms with Gasteiger partial charge in [0.25, 0.3) is 0 Å². The van der Waals surface area contributed by atoms with Crippen molar-refractivity contribution in [2.75, 3.05) is 28.2 Å². The number of piperidine rings is 3. The lowest BCUT2D eigenvalue weighted by molar-refractivity contribution is -0.180. The van der Waals surface area contributed by atoms with Gasteiger partial charge in [-0.1, -0.05) is 20.8 Å². The summed E-state index contributed by atoms with van der Waals surface area (Å²) in [5.74, 6) is -5.37. The molecule has 0 aromatic heterocycles. The van der Waals surface area contributed by atoms with Crippen molar-refractivity contribution in [3.05, 3.63) is 0 Å². The maximum absolute atomic E-state index is 14.9. The molecule has 3 aliphatic rings. The zero-order valence-electron chi connectivity index (χ0n) is 42.6. The highest BCUT2D eigenvalue weighted by atomic mass is 16.6. The van der Waals surface area contributed by atoms with E-state index in [-0.39, 0.29) is 44.2 Å². The molecule has 0 aliphatic carbocycles. The maximum Gasteiger partial charge on any atom is 0.310 e. The SMILES string of the molecule is CNC(C)(C)CC(CC(C)(C)C)OC(=O)C(CC(=O)OC1CC(C)(C)N(C)C(C)(C)C1)C(CC(=O)OC1CC(C)(C)N(C)C(C)(C)C1)C(=O)OC1CC(C)(C)N(C)C(C)(C)C1. The molecule has 0 amide bonds. The molecule has 3 atom stereocenters. The minimum Gasteiger partial charge on any atom is -0.462 e. The average Bonchev–Trinajstić information content (AvgIpc) is 3.04. The summed E-state index contributed by atoms with van der Waals surface area (Å²) in [7, 11) is 8.12. The summed E-state index contributed by atoms with van der Waals surface area (Å²) in [5.41, 5.74) is -2.21. The van der Waals surface area contributed by atoms with E-state index >= 15 is 0 Å². The molecule has 61 heavy (non-hydrogen) atoms. The lowest BCUT2D eigenvalue weighted by Crippen LogP contribution is -2.60. The minimum absolute atomic E-state index is 0.206. The van der Waals surface area contributed by atoms with E-state index in [2.05, 4.69) is 145 Å². The minimum atomic E-state index is -1.36. The number of nitrogens with one attached hydrogen (secondary N) is 1. The summed E-state index contributed by atoms with van der Waals surface area (Å²) in [6.07, 6.45) is 1.80. The van der Waals surface area contributed by atoms with Crippen LogP contribution in [0, 0.1) is 17.3 Å². The van der Waals surface area contributed by atoms with Gasteiger partial charge < -0.3 is 24.3 Å². The van der Waals surface area contributed by atoms with Crippen LogP contribution in [-0.4, -0.2) is 130 Å². The van der Waals surface area contributed by atoms with Gasteiger partial charge in [0.2, 0.25) is 0 Å². The van der Waals surface area contributed by atoms with Crippen LogP contribution in [0.15, 0.2) is 0 Å². The number of ether oxygens (including phenoxy) is 4. The van der Waals surface area contributed by atoms with Crippen LogP contribution >= 0.6 is 0 Å². The molecule has 3 unspecified atom stereocenters. The number of likely N-dealkylation sites (tertiary alicyclic amines) is 3. The van der Waals surface area contributed by atoms with E-state index in [1.54, 1.807) is 0 Å². The number of carbonyl (C=O) groups excluding carboxylic acids is 4. The standard InChI is InChI=1S/C49H90N4O8/c1-42(2,3)24-32(25-43(4,5)50-18)60-40(56)36(22-38(54)58-33-26-44(6,7)51(19)45(8,9)27-33)37(41(57)61-35-30-48(14,15)53(21)49(16,17)31-35)23-39(55)59-34-28-46(10,11)52(20)47(12,13)29-34/h32-37,50H,22-31H2,1-21H3. The zero-order valence-corrected chi connectivity index (χ0v) is 42.6. The van der Waals surface area contributed by atoms with E-state index in [0.717, 1.165) is 0 Å². The maximum atomic E-state index is 14.9. The quantitative estimate of drug-likeness (QED) is 0.126. The molecule has 12 heteroatoms. The van der Waals surface area contributed by atoms with Gasteiger partial charge >= 0.3 is 23.9 Å². The Labute approximate surface area is 371 Å². The van der Waals surface area contributed by atoms with Gasteiger partial charge in [0.05, 0.1) is 24.7 Å². The van der Waals surface area contributed by atoms with Crippen molar-refractivity contribution in [1.29, 1.82) is 0 Å². The summed E-state index contributed by atoms with van der Waals surface area (Å²) in [4.78, 5) is 65.3. The normalized spacial score (nSPS) is 25.2. The molecular weight excluding hydrogens is 773 g/mol. The first-order valence-electron chi connectivity index (χ1n) is 23.0. The molecule has 0 bridgehead atoms. The summed E-state index contributed by atoms with van der Waals surface area (Å²) >= 11 is 0. The highest BCUT2D eigenvalue weighted by molar-refractivity contribution is 5.88. The Hall–Kier alpha value is -2.28. The predicted octanol–water partition coefficient (Wildman–Crippen LogP) is 8.32. The second-order valence-electron chi connectivity index (χ2n) is 24.8. The first-order valence-corrected chi connectivity index (χ1v) is 23.0. The number of esters is 4. The van der Waals surface area contributed by atoms with E-state index in [1.165, 1.54) is 0 Å². The van der Waals surface area contributed by atoms with Crippen LogP contribution in [0.3, 0.4) is 0 Å². The molecule has 3 aliphatic heterocycles. The van der Waals surface area contributed by atoms with Gasteiger partial charge in [-0.15, -0.1) is 0 Å². The summed E-state index contributed by atoms with van der Waals surface area (Å²) in [6, 6.07) is 0. The van der Waals surface area contributed by atoms with Crippen LogP contribution < -0.4 is 5.32 Å². The number of nitrogens with zero attached hydrogens (tertiary/aromatic N) is 3. The number of rotatable bonds is 15. The lowest BCUT2D eigenvalue weighted by atomic mass is 9.78. The highest BCUT2D eigenvalue weighted by Crippen LogP contribution is 2.42. The number of hydrogen-bond acceptors (Lipinski definition) is 12. The molecule has 3 fully saturated rings. The van der Waals surface area contributed by atoms with Crippen LogP contribution in [0.1, 0.15) is 182 Å². The third-order valence-electron chi connectivity index (χ3n) is 15.1. The van der Waals surface area contributed by atoms with Crippen molar-refractivity contribution >= 4 is 23.9 Å². The molecule has 0 aromatic carbocycles. The zero-order chi connectivity index (χ0) is 47.1. The smallest absolute Gasteiger partial charge is 0.310 e. The van der Waals surface area contributed by atoms with Gasteiger partial charge in [-0.3, -0.25) is 33.9 Å². The Morgan fingerprint density at radius 3 is 1.11 bits per heavy atom. The largest absolute Gasteiger partial charge is 0.462 e. The molecule has 0 radical (unpaired) electrons. The topological polar surface area (TPSA) is 127 Å². The molecule has 0 saturated carbocycles. The van der Waals surface area contributed by atoms with Gasteiger partial charge in [0, 0.05) is 83.7 Å². The van der Waals surface area contributed by atoms with E-state index < -0.39 is 73.0 Å². The van der Waals surface area contributed by atoms with Crippen LogP contribution in [-0.2, 0) is 38.1 Å². The van der Waals surface area contributed by atoms with Crippen molar-refractivity contribution in [3.8, 4) is 0 Å². The summed E-state index contributed by atoms with van der Waals surface area (Å²) < 4.78 is 25.3. The Bertz CT molecular complexity index is 1510. The van der Waals surface area contributed by atoms with Crippen LogP contribution in [0.25, 0.3) is 0 Å². The van der Waals surface area contributed by atoms with Gasteiger partial charge in [-0.2, -0.15) is 0 Å². The van der Waals surface area contributed by atoms with Gasteiger partial charge in [-0.05, 0) is 137 Å². The molecule has 0 spiro atoms. The molecule has 3 saturated heterocycles. The van der Waals surface area contributed by atoms with E-state index in [0.29, 0.717) is 51.4 Å². The fourth-order valence-electron chi connectivity index (χ4n) is 10.7. The van der Waals surface area contributed by atoms with Crippen LogP contribution in [0.5, 0.6) is 0 Å². The Balaban J connectivity index is 2.10. The van der Waals surface area contributed by atoms with Gasteiger partial charge in [-0.25, -0.2) is 0 Å². The van der Waals surface area contributed by atoms with Crippen molar-refractivity contribution in [2.45, 2.75) is 245 Å². The lowest BCUT2D eigenvalue weighted by Gasteiger charge is -2.53. The summed E-state index contributed by atoms with van der Waals surface area (Å²) in [6.45, 7) is 35.9. The Morgan fingerprint density at radius 1 is 0.525 bits per heavy atom. The summed E-state index contributed by atoms with van der Waals surface area (Å²) in [5, 5.41) is 3.33. The average molecular weight is 863 g/mol. The van der Waals surface area contributed by atoms with E-state index in [1.807, 2.05) is 20.9 Å². The van der Waals surface area contributed by atoms with Gasteiger partial charge in [0.1, 0.15) is 24.4 Å². The van der Waals surface area contributed by atoms with E-state index in [4.69, 9.17) is 18.9 Å². The molecular formula is C49H90N4O8. The number of hydrogen-bond donors (Lipinski definition) is 1. The van der Waals surface area contributed by atoms with Gasteiger partial charge in [0.15, 0.2) is 0 Å². The second kappa shape index (κ2) is 18.7. The first-order chi connectivity index (χ1) is 27.3. The fourth-order valence-corrected chi connectivity index (χ4v) is 10.7. The van der Waals surface area contributed by atoms with Crippen molar-refractivity contribution < 1.29 is 38.1 Å². The van der Waals surface area contributed by atoms with E-state index in [9.17, 15) is 19.2 Å².